The molecular formula is C17H31N5O6. The zero-order chi connectivity index (χ0) is 22.0. The van der Waals surface area contributed by atoms with Crippen molar-refractivity contribution in [3.63, 3.8) is 0 Å². The van der Waals surface area contributed by atoms with Gasteiger partial charge in [-0.15, -0.1) is 0 Å². The standard InChI is InChI=1S/C17H31N5O6/c1-8(2)5-11(17(27)28)21-16(26)14(9(3)4)22-13(24)7-20-15(25)10(18)6-12(19)23/h8-11,14H,5-7,18H2,1-4H3,(H2,19,23)(H,20,25)(H,21,26)(H,22,24)(H,27,28). The molecule has 0 spiro atoms. The topological polar surface area (TPSA) is 194 Å². The predicted octanol–water partition coefficient (Wildman–Crippen LogP) is -1.94. The lowest BCUT2D eigenvalue weighted by molar-refractivity contribution is -0.143. The smallest absolute Gasteiger partial charge is 0.326 e. The fourth-order valence-electron chi connectivity index (χ4n) is 2.32. The number of primary amides is 1. The minimum Gasteiger partial charge on any atom is -0.480 e. The van der Waals surface area contributed by atoms with Crippen LogP contribution in [-0.2, 0) is 24.0 Å². The third-order valence-electron chi connectivity index (χ3n) is 3.77. The summed E-state index contributed by atoms with van der Waals surface area (Å²) in [5.41, 5.74) is 10.4. The number of carbonyl (C=O) groups excluding carboxylic acids is 4. The molecule has 0 saturated carbocycles. The molecule has 4 amide bonds. The Bertz CT molecular complexity index is 593. The molecule has 0 bridgehead atoms. The highest BCUT2D eigenvalue weighted by molar-refractivity contribution is 5.93. The number of carboxylic acid groups (broad SMARTS) is 1. The first kappa shape index (κ1) is 25.3. The Morgan fingerprint density at radius 3 is 1.96 bits per heavy atom. The van der Waals surface area contributed by atoms with E-state index in [2.05, 4.69) is 16.0 Å². The molecule has 0 aliphatic heterocycles. The van der Waals surface area contributed by atoms with Crippen LogP contribution in [0.4, 0.5) is 0 Å². The van der Waals surface area contributed by atoms with Crippen molar-refractivity contribution in [1.29, 1.82) is 0 Å². The molecule has 11 heteroatoms. The van der Waals surface area contributed by atoms with Crippen LogP contribution in [-0.4, -0.2) is 59.4 Å². The fourth-order valence-corrected chi connectivity index (χ4v) is 2.32. The van der Waals surface area contributed by atoms with Gasteiger partial charge in [0.05, 0.1) is 19.0 Å². The fraction of sp³-hybridized carbons (Fsp3) is 0.706. The number of rotatable bonds is 12. The molecule has 0 aromatic carbocycles. The number of nitrogens with one attached hydrogen (secondary N) is 3. The highest BCUT2D eigenvalue weighted by Gasteiger charge is 2.29. The Kier molecular flexibility index (Phi) is 10.8. The van der Waals surface area contributed by atoms with Crippen LogP contribution in [0.15, 0.2) is 0 Å². The van der Waals surface area contributed by atoms with Crippen molar-refractivity contribution < 1.29 is 29.1 Å². The van der Waals surface area contributed by atoms with Crippen LogP contribution in [0.25, 0.3) is 0 Å². The van der Waals surface area contributed by atoms with Gasteiger partial charge in [0.1, 0.15) is 12.1 Å². The van der Waals surface area contributed by atoms with Gasteiger partial charge in [0, 0.05) is 0 Å². The third kappa shape index (κ3) is 9.86. The summed E-state index contributed by atoms with van der Waals surface area (Å²) < 4.78 is 0. The molecule has 0 heterocycles. The SMILES string of the molecule is CC(C)CC(NC(=O)C(NC(=O)CNC(=O)C(N)CC(N)=O)C(C)C)C(=O)O. The Balaban J connectivity index is 4.81. The van der Waals surface area contributed by atoms with Crippen molar-refractivity contribution in [2.75, 3.05) is 6.54 Å². The first-order valence-electron chi connectivity index (χ1n) is 8.99. The highest BCUT2D eigenvalue weighted by atomic mass is 16.4. The van der Waals surface area contributed by atoms with E-state index >= 15 is 0 Å². The third-order valence-corrected chi connectivity index (χ3v) is 3.77. The van der Waals surface area contributed by atoms with Crippen LogP contribution in [0, 0.1) is 11.8 Å². The van der Waals surface area contributed by atoms with Crippen LogP contribution >= 0.6 is 0 Å². The molecule has 28 heavy (non-hydrogen) atoms. The molecule has 0 aromatic heterocycles. The lowest BCUT2D eigenvalue weighted by atomic mass is 10.0. The van der Waals surface area contributed by atoms with E-state index in [9.17, 15) is 29.1 Å². The van der Waals surface area contributed by atoms with Gasteiger partial charge in [0.25, 0.3) is 0 Å². The highest BCUT2D eigenvalue weighted by Crippen LogP contribution is 2.07. The van der Waals surface area contributed by atoms with Crippen molar-refractivity contribution in [3.8, 4) is 0 Å². The van der Waals surface area contributed by atoms with Gasteiger partial charge in [0.15, 0.2) is 0 Å². The van der Waals surface area contributed by atoms with Crippen molar-refractivity contribution in [3.05, 3.63) is 0 Å². The van der Waals surface area contributed by atoms with Crippen molar-refractivity contribution in [2.45, 2.75) is 58.7 Å². The second kappa shape index (κ2) is 11.9. The van der Waals surface area contributed by atoms with Gasteiger partial charge in [-0.1, -0.05) is 27.7 Å². The predicted molar refractivity (Wildman–Crippen MR) is 101 cm³/mol. The van der Waals surface area contributed by atoms with E-state index in [1.54, 1.807) is 13.8 Å². The molecule has 0 fully saturated rings. The van der Waals surface area contributed by atoms with Gasteiger partial charge in [-0.3, -0.25) is 19.2 Å². The van der Waals surface area contributed by atoms with E-state index in [1.807, 2.05) is 13.8 Å². The summed E-state index contributed by atoms with van der Waals surface area (Å²) in [5.74, 6) is -4.22. The summed E-state index contributed by atoms with van der Waals surface area (Å²) in [7, 11) is 0. The van der Waals surface area contributed by atoms with E-state index in [0.717, 1.165) is 0 Å². The Morgan fingerprint density at radius 2 is 1.54 bits per heavy atom. The number of carboxylic acids is 1. The summed E-state index contributed by atoms with van der Waals surface area (Å²) in [6.45, 7) is 6.56. The lowest BCUT2D eigenvalue weighted by Gasteiger charge is -2.24. The summed E-state index contributed by atoms with van der Waals surface area (Å²) in [6, 6.07) is -3.24. The average molecular weight is 401 g/mol. The first-order valence-corrected chi connectivity index (χ1v) is 8.99. The van der Waals surface area contributed by atoms with Gasteiger partial charge < -0.3 is 32.5 Å². The molecule has 0 aromatic rings. The van der Waals surface area contributed by atoms with Crippen molar-refractivity contribution >= 4 is 29.6 Å². The quantitative estimate of drug-likeness (QED) is 0.219. The molecule has 0 saturated heterocycles. The van der Waals surface area contributed by atoms with Gasteiger partial charge in [-0.25, -0.2) is 4.79 Å². The van der Waals surface area contributed by atoms with Crippen LogP contribution in [0.1, 0.15) is 40.5 Å². The molecule has 3 atom stereocenters. The van der Waals surface area contributed by atoms with Gasteiger partial charge >= 0.3 is 5.97 Å². The number of carbonyl (C=O) groups is 5. The lowest BCUT2D eigenvalue weighted by Crippen LogP contribution is -2.55. The number of nitrogens with two attached hydrogens (primary N) is 2. The van der Waals surface area contributed by atoms with E-state index in [0.29, 0.717) is 0 Å². The van der Waals surface area contributed by atoms with Gasteiger partial charge in [-0.2, -0.15) is 0 Å². The normalized spacial score (nSPS) is 14.1. The summed E-state index contributed by atoms with van der Waals surface area (Å²) in [5, 5.41) is 16.4. The number of aliphatic carboxylic acids is 1. The van der Waals surface area contributed by atoms with E-state index in [-0.39, 0.29) is 24.7 Å². The summed E-state index contributed by atoms with van der Waals surface area (Å²) >= 11 is 0. The number of hydrogen-bond acceptors (Lipinski definition) is 6. The van der Waals surface area contributed by atoms with Crippen LogP contribution in [0.5, 0.6) is 0 Å². The average Bonchev–Trinajstić information content (AvgIpc) is 2.55. The maximum atomic E-state index is 12.4. The monoisotopic (exact) mass is 401 g/mol. The van der Waals surface area contributed by atoms with E-state index < -0.39 is 54.3 Å². The van der Waals surface area contributed by atoms with Crippen molar-refractivity contribution in [1.82, 2.24) is 16.0 Å². The summed E-state index contributed by atoms with van der Waals surface area (Å²) in [4.78, 5) is 58.2. The number of amides is 4. The van der Waals surface area contributed by atoms with Gasteiger partial charge in [-0.05, 0) is 18.3 Å². The summed E-state index contributed by atoms with van der Waals surface area (Å²) in [6.07, 6.45) is -0.120. The molecule has 3 unspecified atom stereocenters. The molecule has 0 aliphatic carbocycles. The number of hydrogen-bond donors (Lipinski definition) is 6. The first-order chi connectivity index (χ1) is 12.8. The molecule has 160 valence electrons. The largest absolute Gasteiger partial charge is 0.480 e. The molecule has 0 radical (unpaired) electrons. The van der Waals surface area contributed by atoms with Crippen molar-refractivity contribution in [2.24, 2.45) is 23.3 Å². The van der Waals surface area contributed by atoms with E-state index in [4.69, 9.17) is 11.5 Å². The van der Waals surface area contributed by atoms with Gasteiger partial charge in [0.2, 0.25) is 23.6 Å². The Morgan fingerprint density at radius 1 is 0.964 bits per heavy atom. The Labute approximate surface area is 164 Å². The Hall–Kier alpha value is -2.69. The molecule has 0 aliphatic rings. The molecular weight excluding hydrogens is 370 g/mol. The minimum absolute atomic E-state index is 0.0494. The maximum absolute atomic E-state index is 12.4. The van der Waals surface area contributed by atoms with Crippen LogP contribution < -0.4 is 27.4 Å². The molecule has 8 N–H and O–H groups in total. The molecule has 11 nitrogen and oxygen atoms in total. The minimum atomic E-state index is -1.18. The van der Waals surface area contributed by atoms with Crippen LogP contribution in [0.2, 0.25) is 0 Å². The van der Waals surface area contributed by atoms with Crippen LogP contribution in [0.3, 0.4) is 0 Å². The molecule has 0 rings (SSSR count). The second-order valence-electron chi connectivity index (χ2n) is 7.31. The van der Waals surface area contributed by atoms with E-state index in [1.165, 1.54) is 0 Å². The zero-order valence-electron chi connectivity index (χ0n) is 16.7. The maximum Gasteiger partial charge on any atom is 0.326 e. The zero-order valence-corrected chi connectivity index (χ0v) is 16.7. The second-order valence-corrected chi connectivity index (χ2v) is 7.31.